The van der Waals surface area contributed by atoms with Gasteiger partial charge in [-0.1, -0.05) is 71.4 Å². The number of carbonyl (C=O) groups is 5. The molecule has 1 saturated heterocycles. The van der Waals surface area contributed by atoms with E-state index in [1.54, 1.807) is 51.8 Å². The highest BCUT2D eigenvalue weighted by Gasteiger charge is 2.44. The summed E-state index contributed by atoms with van der Waals surface area (Å²) in [7, 11) is 9.84. The molecule has 0 aromatic heterocycles. The second-order valence-corrected chi connectivity index (χ2v) is 15.5. The monoisotopic (exact) mass is 745 g/mol. The third-order valence-corrected chi connectivity index (χ3v) is 11.3. The average molecular weight is 746 g/mol. The summed E-state index contributed by atoms with van der Waals surface area (Å²) >= 11 is 0. The van der Waals surface area contributed by atoms with Crippen molar-refractivity contribution in [3.8, 4) is 0 Å². The van der Waals surface area contributed by atoms with Crippen LogP contribution in [-0.2, 0) is 44.6 Å². The number of ether oxygens (including phenoxy) is 3. The molecule has 8 atom stereocenters. The van der Waals surface area contributed by atoms with Gasteiger partial charge in [0.1, 0.15) is 6.04 Å². The summed E-state index contributed by atoms with van der Waals surface area (Å²) in [4.78, 5) is 73.0. The van der Waals surface area contributed by atoms with Crippen LogP contribution in [-0.4, -0.2) is 135 Å². The highest BCUT2D eigenvalue weighted by Crippen LogP contribution is 2.30. The van der Waals surface area contributed by atoms with Crippen LogP contribution in [0.1, 0.15) is 79.7 Å². The van der Waals surface area contributed by atoms with E-state index in [0.717, 1.165) is 18.4 Å². The zero-order valence-electron chi connectivity index (χ0n) is 34.4. The van der Waals surface area contributed by atoms with Crippen LogP contribution < -0.4 is 10.6 Å². The van der Waals surface area contributed by atoms with E-state index in [0.29, 0.717) is 13.0 Å². The van der Waals surface area contributed by atoms with Gasteiger partial charge in [0, 0.05) is 33.2 Å². The van der Waals surface area contributed by atoms with Gasteiger partial charge >= 0.3 is 5.97 Å². The standard InChI is InChI=1S/C40H67N5O8/c1-14-26(4)34(44(10)33(25(2)3)37(48)42-39(50)40(6,7)43(8)9)31(51-11)24-32(46)45-22-18-21-30(45)35(52-12)27(5)36(47)41-29(38(49)53-13)23-28-19-16-15-17-20-28/h15-17,19-20,25-27,29-31,33-35H,14,18,21-24H2,1-13H3,(H,41,47)(H,42,48,50)/t26-,27+,29-,30-,31+,33-,34-,35+/m0/s1. The zero-order chi connectivity index (χ0) is 40.2. The van der Waals surface area contributed by atoms with Crippen molar-refractivity contribution in [3.63, 3.8) is 0 Å². The highest BCUT2D eigenvalue weighted by atomic mass is 16.5. The predicted molar refractivity (Wildman–Crippen MR) is 205 cm³/mol. The summed E-state index contributed by atoms with van der Waals surface area (Å²) in [5.41, 5.74) is -0.0221. The van der Waals surface area contributed by atoms with Crippen LogP contribution >= 0.6 is 0 Å². The third-order valence-electron chi connectivity index (χ3n) is 11.3. The summed E-state index contributed by atoms with van der Waals surface area (Å²) in [6.07, 6.45) is 1.25. The predicted octanol–water partition coefficient (Wildman–Crippen LogP) is 3.29. The van der Waals surface area contributed by atoms with Gasteiger partial charge in [-0.3, -0.25) is 34.3 Å². The van der Waals surface area contributed by atoms with Crippen LogP contribution in [0.4, 0.5) is 0 Å². The fourth-order valence-electron chi connectivity index (χ4n) is 7.37. The van der Waals surface area contributed by atoms with Gasteiger partial charge in [-0.05, 0) is 65.2 Å². The van der Waals surface area contributed by atoms with Gasteiger partial charge in [0.2, 0.25) is 23.6 Å². The van der Waals surface area contributed by atoms with Gasteiger partial charge < -0.3 is 24.4 Å². The molecule has 1 aromatic carbocycles. The quantitative estimate of drug-likeness (QED) is 0.191. The molecule has 1 fully saturated rings. The average Bonchev–Trinajstić information content (AvgIpc) is 3.60. The van der Waals surface area contributed by atoms with Crippen molar-refractivity contribution >= 4 is 29.6 Å². The molecule has 13 nitrogen and oxygen atoms in total. The number of nitrogens with zero attached hydrogens (tertiary/aromatic N) is 3. The fraction of sp³-hybridized carbons (Fsp3) is 0.725. The minimum Gasteiger partial charge on any atom is -0.467 e. The Morgan fingerprint density at radius 3 is 2.08 bits per heavy atom. The summed E-state index contributed by atoms with van der Waals surface area (Å²) in [6, 6.07) is 7.11. The number of rotatable bonds is 20. The lowest BCUT2D eigenvalue weighted by Crippen LogP contribution is -2.61. The summed E-state index contributed by atoms with van der Waals surface area (Å²) < 4.78 is 17.0. The molecule has 300 valence electrons. The van der Waals surface area contributed by atoms with Gasteiger partial charge in [0.05, 0.1) is 49.3 Å². The number of amides is 4. The van der Waals surface area contributed by atoms with Crippen LogP contribution in [0.5, 0.6) is 0 Å². The first-order valence-electron chi connectivity index (χ1n) is 18.9. The molecule has 1 aliphatic heterocycles. The van der Waals surface area contributed by atoms with E-state index in [-0.39, 0.29) is 48.6 Å². The first-order chi connectivity index (χ1) is 24.9. The maximum Gasteiger partial charge on any atom is 0.328 e. The lowest BCUT2D eigenvalue weighted by atomic mass is 9.87. The summed E-state index contributed by atoms with van der Waals surface area (Å²) in [5, 5.41) is 5.51. The van der Waals surface area contributed by atoms with Crippen LogP contribution in [0.25, 0.3) is 0 Å². The normalized spacial score (nSPS) is 18.9. The lowest BCUT2D eigenvalue weighted by Gasteiger charge is -2.43. The Morgan fingerprint density at radius 2 is 1.57 bits per heavy atom. The number of carbonyl (C=O) groups excluding carboxylic acids is 5. The van der Waals surface area contributed by atoms with Gasteiger partial charge in [0.15, 0.2) is 0 Å². The van der Waals surface area contributed by atoms with E-state index in [4.69, 9.17) is 14.2 Å². The second-order valence-electron chi connectivity index (χ2n) is 15.5. The van der Waals surface area contributed by atoms with Gasteiger partial charge in [-0.2, -0.15) is 0 Å². The Morgan fingerprint density at radius 1 is 0.943 bits per heavy atom. The Kier molecular flexibility index (Phi) is 18.0. The maximum absolute atomic E-state index is 14.2. The van der Waals surface area contributed by atoms with E-state index >= 15 is 0 Å². The molecule has 1 aliphatic rings. The maximum atomic E-state index is 14.2. The van der Waals surface area contributed by atoms with E-state index in [1.165, 1.54) is 14.2 Å². The molecule has 0 saturated carbocycles. The molecule has 0 spiro atoms. The van der Waals surface area contributed by atoms with Crippen molar-refractivity contribution in [2.75, 3.05) is 49.0 Å². The number of hydrogen-bond donors (Lipinski definition) is 2. The fourth-order valence-corrected chi connectivity index (χ4v) is 7.37. The largest absolute Gasteiger partial charge is 0.467 e. The summed E-state index contributed by atoms with van der Waals surface area (Å²) in [5.74, 6) is -2.66. The first-order valence-corrected chi connectivity index (χ1v) is 18.9. The van der Waals surface area contributed by atoms with Crippen LogP contribution in [0.2, 0.25) is 0 Å². The Hall–Kier alpha value is -3.39. The number of likely N-dealkylation sites (N-methyl/N-ethyl adjacent to an activating group) is 2. The van der Waals surface area contributed by atoms with Crippen molar-refractivity contribution in [1.29, 1.82) is 0 Å². The van der Waals surface area contributed by atoms with E-state index in [1.807, 2.05) is 56.1 Å². The van der Waals surface area contributed by atoms with Crippen LogP contribution in [0, 0.1) is 17.8 Å². The SMILES string of the molecule is CC[C@H](C)[C@@H]([C@@H](CC(=O)N1CCC[C@H]1[C@H](OC)[C@@H](C)C(=O)N[C@@H](Cc1ccccc1)C(=O)OC)OC)N(C)[C@H](C(=O)NC(=O)C(C)(C)N(C)C)C(C)C. The zero-order valence-corrected chi connectivity index (χ0v) is 34.4. The number of esters is 1. The molecular formula is C40H67N5O8. The van der Waals surface area contributed by atoms with Crippen LogP contribution in [0.15, 0.2) is 30.3 Å². The molecule has 1 heterocycles. The molecule has 0 unspecified atom stereocenters. The Balaban J connectivity index is 2.30. The van der Waals surface area contributed by atoms with Crippen molar-refractivity contribution in [3.05, 3.63) is 35.9 Å². The molecule has 2 N–H and O–H groups in total. The van der Waals surface area contributed by atoms with Gasteiger partial charge in [-0.15, -0.1) is 0 Å². The Bertz CT molecular complexity index is 1360. The van der Waals surface area contributed by atoms with Crippen molar-refractivity contribution in [2.24, 2.45) is 17.8 Å². The number of hydrogen-bond acceptors (Lipinski definition) is 10. The van der Waals surface area contributed by atoms with E-state index in [9.17, 15) is 24.0 Å². The topological polar surface area (TPSA) is 147 Å². The van der Waals surface area contributed by atoms with Gasteiger partial charge in [0.25, 0.3) is 0 Å². The minimum atomic E-state index is -0.900. The molecule has 13 heteroatoms. The highest BCUT2D eigenvalue weighted by molar-refractivity contribution is 6.01. The number of methoxy groups -OCH3 is 3. The second kappa shape index (κ2) is 20.9. The molecular weight excluding hydrogens is 678 g/mol. The van der Waals surface area contributed by atoms with Crippen molar-refractivity contribution in [2.45, 2.75) is 122 Å². The first kappa shape index (κ1) is 45.8. The molecule has 0 radical (unpaired) electrons. The number of likely N-dealkylation sites (tertiary alicyclic amines) is 1. The van der Waals surface area contributed by atoms with E-state index < -0.39 is 53.5 Å². The molecule has 53 heavy (non-hydrogen) atoms. The molecule has 1 aromatic rings. The van der Waals surface area contributed by atoms with Crippen LogP contribution in [0.3, 0.4) is 0 Å². The molecule has 0 aliphatic carbocycles. The van der Waals surface area contributed by atoms with Gasteiger partial charge in [-0.25, -0.2) is 4.79 Å². The van der Waals surface area contributed by atoms with Crippen molar-refractivity contribution < 1.29 is 38.2 Å². The smallest absolute Gasteiger partial charge is 0.328 e. The summed E-state index contributed by atoms with van der Waals surface area (Å²) in [6.45, 7) is 13.8. The number of nitrogens with one attached hydrogen (secondary N) is 2. The minimum absolute atomic E-state index is 0.0316. The Labute approximate surface area is 317 Å². The lowest BCUT2D eigenvalue weighted by molar-refractivity contribution is -0.147. The molecule has 0 bridgehead atoms. The number of imide groups is 1. The molecule has 2 rings (SSSR count). The number of benzene rings is 1. The van der Waals surface area contributed by atoms with Crippen molar-refractivity contribution in [1.82, 2.24) is 25.3 Å². The molecule has 4 amide bonds. The van der Waals surface area contributed by atoms with E-state index in [2.05, 4.69) is 24.5 Å². The third kappa shape index (κ3) is 11.8.